The first-order chi connectivity index (χ1) is 10.7. The topological polar surface area (TPSA) is 96.3 Å². The van der Waals surface area contributed by atoms with Gasteiger partial charge in [-0.25, -0.2) is 4.98 Å². The van der Waals surface area contributed by atoms with E-state index >= 15 is 0 Å². The summed E-state index contributed by atoms with van der Waals surface area (Å²) in [5.41, 5.74) is 17.0. The maximum absolute atomic E-state index is 6.19. The van der Waals surface area contributed by atoms with Crippen LogP contribution < -0.4 is 16.2 Å². The third-order valence-electron chi connectivity index (χ3n) is 3.64. The highest BCUT2D eigenvalue weighted by Crippen LogP contribution is 2.33. The third-order valence-corrected chi connectivity index (χ3v) is 3.64. The van der Waals surface area contributed by atoms with Gasteiger partial charge in [-0.3, -0.25) is 4.98 Å². The van der Waals surface area contributed by atoms with Gasteiger partial charge in [0.15, 0.2) is 0 Å². The predicted octanol–water partition coefficient (Wildman–Crippen LogP) is 2.12. The Balaban J connectivity index is 1.97. The zero-order valence-electron chi connectivity index (χ0n) is 12.4. The van der Waals surface area contributed by atoms with Crippen LogP contribution in [-0.2, 0) is 4.74 Å². The van der Waals surface area contributed by atoms with Crippen LogP contribution in [0.5, 0.6) is 5.88 Å². The maximum Gasteiger partial charge on any atom is 0.215 e. The van der Waals surface area contributed by atoms with E-state index in [4.69, 9.17) is 20.9 Å². The van der Waals surface area contributed by atoms with Gasteiger partial charge in [0.1, 0.15) is 0 Å². The summed E-state index contributed by atoms with van der Waals surface area (Å²) in [6, 6.07) is 3.54. The molecule has 4 N–H and O–H groups in total. The summed E-state index contributed by atoms with van der Waals surface area (Å²) in [7, 11) is 1.55. The number of pyridine rings is 2. The summed E-state index contributed by atoms with van der Waals surface area (Å²) < 4.78 is 10.4. The Morgan fingerprint density at radius 1 is 1.09 bits per heavy atom. The molecule has 6 nitrogen and oxygen atoms in total. The van der Waals surface area contributed by atoms with Crippen molar-refractivity contribution in [1.29, 1.82) is 0 Å². The van der Waals surface area contributed by atoms with Crippen molar-refractivity contribution in [3.63, 3.8) is 0 Å². The lowest BCUT2D eigenvalue weighted by molar-refractivity contribution is 0.161. The summed E-state index contributed by atoms with van der Waals surface area (Å²) >= 11 is 0. The minimum atomic E-state index is 0.469. The molecule has 0 amide bonds. The molecule has 0 unspecified atom stereocenters. The molecule has 1 aliphatic heterocycles. The Labute approximate surface area is 128 Å². The molecular weight excluding hydrogens is 280 g/mol. The molecule has 0 atom stereocenters. The van der Waals surface area contributed by atoms with Gasteiger partial charge in [0.2, 0.25) is 5.88 Å². The van der Waals surface area contributed by atoms with Crippen LogP contribution >= 0.6 is 0 Å². The quantitative estimate of drug-likeness (QED) is 0.901. The molecule has 0 bridgehead atoms. The van der Waals surface area contributed by atoms with Crippen LogP contribution in [0.3, 0.4) is 0 Å². The monoisotopic (exact) mass is 298 g/mol. The van der Waals surface area contributed by atoms with Crippen LogP contribution in [0.4, 0.5) is 11.4 Å². The van der Waals surface area contributed by atoms with E-state index in [1.165, 1.54) is 0 Å². The molecule has 6 heteroatoms. The SMILES string of the molecule is COc1cc(N)c(-c2cnc(C3=CCOCC3)cc2N)cn1. The first-order valence-electron chi connectivity index (χ1n) is 7.01. The van der Waals surface area contributed by atoms with E-state index in [9.17, 15) is 0 Å². The number of nitrogen functional groups attached to an aromatic ring is 2. The minimum Gasteiger partial charge on any atom is -0.481 e. The number of hydrogen-bond donors (Lipinski definition) is 2. The number of rotatable bonds is 3. The predicted molar refractivity (Wildman–Crippen MR) is 86.3 cm³/mol. The molecule has 0 fully saturated rings. The maximum atomic E-state index is 6.19. The van der Waals surface area contributed by atoms with Gasteiger partial charge in [-0.15, -0.1) is 0 Å². The van der Waals surface area contributed by atoms with Gasteiger partial charge >= 0.3 is 0 Å². The van der Waals surface area contributed by atoms with Crippen molar-refractivity contribution in [2.45, 2.75) is 6.42 Å². The van der Waals surface area contributed by atoms with Crippen molar-refractivity contribution in [3.05, 3.63) is 36.3 Å². The van der Waals surface area contributed by atoms with Crippen LogP contribution in [0.15, 0.2) is 30.6 Å². The van der Waals surface area contributed by atoms with Gasteiger partial charge < -0.3 is 20.9 Å². The Morgan fingerprint density at radius 2 is 1.82 bits per heavy atom. The molecule has 0 aromatic carbocycles. The highest BCUT2D eigenvalue weighted by Gasteiger charge is 2.13. The Hall–Kier alpha value is -2.60. The smallest absolute Gasteiger partial charge is 0.215 e. The molecular formula is C16H18N4O2. The van der Waals surface area contributed by atoms with Gasteiger partial charge in [0, 0.05) is 41.0 Å². The summed E-state index contributed by atoms with van der Waals surface area (Å²) in [5.74, 6) is 0.469. The van der Waals surface area contributed by atoms with Crippen molar-refractivity contribution >= 4 is 16.9 Å². The minimum absolute atomic E-state index is 0.469. The molecule has 0 saturated heterocycles. The lowest BCUT2D eigenvalue weighted by Crippen LogP contribution is -2.06. The molecule has 114 valence electrons. The standard InChI is InChI=1S/C16H18N4O2/c1-21-16-7-14(18)12(9-20-16)11-8-19-15(6-13(11)17)10-2-4-22-5-3-10/h2,6-9H,3-5H2,1H3,(H2,17,19)(H2,18,20). The number of nitrogens with zero attached hydrogens (tertiary/aromatic N) is 2. The van der Waals surface area contributed by atoms with E-state index < -0.39 is 0 Å². The molecule has 0 radical (unpaired) electrons. The summed E-state index contributed by atoms with van der Waals surface area (Å²) in [6.07, 6.45) is 6.27. The lowest BCUT2D eigenvalue weighted by Gasteiger charge is -2.15. The third kappa shape index (κ3) is 2.73. The van der Waals surface area contributed by atoms with Crippen molar-refractivity contribution in [2.75, 3.05) is 31.8 Å². The summed E-state index contributed by atoms with van der Waals surface area (Å²) in [4.78, 5) is 8.68. The van der Waals surface area contributed by atoms with Crippen molar-refractivity contribution in [1.82, 2.24) is 9.97 Å². The van der Waals surface area contributed by atoms with E-state index in [2.05, 4.69) is 9.97 Å². The molecule has 0 spiro atoms. The number of aromatic nitrogens is 2. The number of hydrogen-bond acceptors (Lipinski definition) is 6. The second kappa shape index (κ2) is 6.03. The number of methoxy groups -OCH3 is 1. The van der Waals surface area contributed by atoms with Crippen LogP contribution in [0.25, 0.3) is 16.7 Å². The number of ether oxygens (including phenoxy) is 2. The second-order valence-corrected chi connectivity index (χ2v) is 5.02. The van der Waals surface area contributed by atoms with Crippen molar-refractivity contribution in [2.24, 2.45) is 0 Å². The van der Waals surface area contributed by atoms with Gasteiger partial charge in [-0.1, -0.05) is 6.08 Å². The second-order valence-electron chi connectivity index (χ2n) is 5.02. The van der Waals surface area contributed by atoms with E-state index in [-0.39, 0.29) is 0 Å². The molecule has 0 aliphatic carbocycles. The van der Waals surface area contributed by atoms with Crippen LogP contribution in [0.2, 0.25) is 0 Å². The molecule has 22 heavy (non-hydrogen) atoms. The van der Waals surface area contributed by atoms with E-state index in [1.54, 1.807) is 25.6 Å². The summed E-state index contributed by atoms with van der Waals surface area (Å²) in [5, 5.41) is 0. The van der Waals surface area contributed by atoms with Crippen molar-refractivity contribution in [3.8, 4) is 17.0 Å². The lowest BCUT2D eigenvalue weighted by atomic mass is 10.0. The highest BCUT2D eigenvalue weighted by molar-refractivity contribution is 5.84. The average molecular weight is 298 g/mol. The van der Waals surface area contributed by atoms with E-state index in [1.807, 2.05) is 12.1 Å². The molecule has 2 aromatic heterocycles. The molecule has 3 heterocycles. The largest absolute Gasteiger partial charge is 0.481 e. The van der Waals surface area contributed by atoms with Gasteiger partial charge in [0.05, 0.1) is 26.0 Å². The van der Waals surface area contributed by atoms with E-state index in [0.29, 0.717) is 30.5 Å². The fourth-order valence-corrected chi connectivity index (χ4v) is 2.42. The fourth-order valence-electron chi connectivity index (χ4n) is 2.42. The van der Waals surface area contributed by atoms with Gasteiger partial charge in [0.25, 0.3) is 0 Å². The number of anilines is 2. The van der Waals surface area contributed by atoms with E-state index in [0.717, 1.165) is 28.8 Å². The van der Waals surface area contributed by atoms with Gasteiger partial charge in [-0.2, -0.15) is 0 Å². The van der Waals surface area contributed by atoms with Crippen molar-refractivity contribution < 1.29 is 9.47 Å². The molecule has 0 saturated carbocycles. The molecule has 1 aliphatic rings. The first kappa shape index (κ1) is 14.3. The normalized spacial score (nSPS) is 14.5. The highest BCUT2D eigenvalue weighted by atomic mass is 16.5. The Morgan fingerprint density at radius 3 is 2.41 bits per heavy atom. The van der Waals surface area contributed by atoms with Crippen LogP contribution in [-0.4, -0.2) is 30.3 Å². The first-order valence-corrected chi connectivity index (χ1v) is 7.01. The Bertz CT molecular complexity index is 728. The van der Waals surface area contributed by atoms with Crippen LogP contribution in [0, 0.1) is 0 Å². The summed E-state index contributed by atoms with van der Waals surface area (Å²) in [6.45, 7) is 1.33. The Kier molecular flexibility index (Phi) is 3.93. The van der Waals surface area contributed by atoms with Gasteiger partial charge in [-0.05, 0) is 18.1 Å². The zero-order valence-corrected chi connectivity index (χ0v) is 12.4. The average Bonchev–Trinajstić information content (AvgIpc) is 2.56. The molecule has 3 rings (SSSR count). The molecule has 2 aromatic rings. The van der Waals surface area contributed by atoms with Crippen LogP contribution in [0.1, 0.15) is 12.1 Å². The fraction of sp³-hybridized carbons (Fsp3) is 0.250. The zero-order chi connectivity index (χ0) is 15.5. The number of nitrogens with two attached hydrogens (primary N) is 2.